The molecule has 104 valence electrons. The summed E-state index contributed by atoms with van der Waals surface area (Å²) in [5, 5.41) is 1.21. The van der Waals surface area contributed by atoms with Crippen LogP contribution >= 0.6 is 11.3 Å². The van der Waals surface area contributed by atoms with Gasteiger partial charge in [0.25, 0.3) is 0 Å². The monoisotopic (exact) mass is 279 g/mol. The predicted molar refractivity (Wildman–Crippen MR) is 76.2 cm³/mol. The second-order valence-corrected chi connectivity index (χ2v) is 6.91. The van der Waals surface area contributed by atoms with Crippen LogP contribution in [0.2, 0.25) is 0 Å². The first-order valence-corrected chi connectivity index (χ1v) is 7.89. The van der Waals surface area contributed by atoms with Gasteiger partial charge in [-0.05, 0) is 26.7 Å². The van der Waals surface area contributed by atoms with Crippen molar-refractivity contribution in [1.29, 1.82) is 0 Å². The Morgan fingerprint density at radius 3 is 2.47 bits per heavy atom. The van der Waals surface area contributed by atoms with E-state index in [0.717, 1.165) is 51.3 Å². The molecule has 0 aromatic carbocycles. The second-order valence-electron chi connectivity index (χ2n) is 5.62. The smallest absolute Gasteiger partial charge is 0.225 e. The Kier molecular flexibility index (Phi) is 3.58. The largest absolute Gasteiger partial charge is 0.340 e. The molecule has 2 heterocycles. The lowest BCUT2D eigenvalue weighted by Gasteiger charge is -2.34. The van der Waals surface area contributed by atoms with E-state index in [4.69, 9.17) is 0 Å². The van der Waals surface area contributed by atoms with E-state index in [-0.39, 0.29) is 0 Å². The molecule has 1 saturated carbocycles. The quantitative estimate of drug-likeness (QED) is 0.847. The maximum Gasteiger partial charge on any atom is 0.225 e. The number of carbonyl (C=O) groups is 1. The summed E-state index contributed by atoms with van der Waals surface area (Å²) in [6.07, 6.45) is 2.22. The molecule has 1 amide bonds. The second kappa shape index (κ2) is 5.21. The molecule has 5 heteroatoms. The van der Waals surface area contributed by atoms with Crippen molar-refractivity contribution in [3.8, 4) is 0 Å². The van der Waals surface area contributed by atoms with Crippen LogP contribution in [0.1, 0.15) is 28.4 Å². The number of amides is 1. The molecule has 0 radical (unpaired) electrons. The van der Waals surface area contributed by atoms with Crippen LogP contribution in [0.25, 0.3) is 0 Å². The van der Waals surface area contributed by atoms with Gasteiger partial charge in [0, 0.05) is 37.0 Å². The van der Waals surface area contributed by atoms with Gasteiger partial charge in [-0.3, -0.25) is 9.69 Å². The summed E-state index contributed by atoms with van der Waals surface area (Å²) in [4.78, 5) is 22.3. The average Bonchev–Trinajstić information content (AvgIpc) is 3.18. The molecule has 1 saturated heterocycles. The molecule has 0 spiro atoms. The zero-order valence-electron chi connectivity index (χ0n) is 11.7. The van der Waals surface area contributed by atoms with E-state index in [0.29, 0.717) is 11.8 Å². The number of thiazole rings is 1. The minimum atomic E-state index is 0.357. The summed E-state index contributed by atoms with van der Waals surface area (Å²) in [6.45, 7) is 8.87. The normalized spacial score (nSPS) is 20.8. The van der Waals surface area contributed by atoms with Crippen molar-refractivity contribution in [2.45, 2.75) is 33.2 Å². The van der Waals surface area contributed by atoms with Crippen LogP contribution in [0.5, 0.6) is 0 Å². The van der Waals surface area contributed by atoms with Gasteiger partial charge in [0.1, 0.15) is 5.01 Å². The van der Waals surface area contributed by atoms with E-state index in [1.165, 1.54) is 9.88 Å². The summed E-state index contributed by atoms with van der Waals surface area (Å²) in [7, 11) is 0. The van der Waals surface area contributed by atoms with Gasteiger partial charge in [-0.1, -0.05) is 0 Å². The number of nitrogens with zero attached hydrogens (tertiary/aromatic N) is 3. The predicted octanol–water partition coefficient (Wildman–Crippen LogP) is 1.81. The van der Waals surface area contributed by atoms with Crippen molar-refractivity contribution in [3.05, 3.63) is 15.6 Å². The topological polar surface area (TPSA) is 36.4 Å². The van der Waals surface area contributed by atoms with Crippen molar-refractivity contribution >= 4 is 17.2 Å². The van der Waals surface area contributed by atoms with E-state index in [1.807, 2.05) is 4.90 Å². The zero-order valence-corrected chi connectivity index (χ0v) is 12.5. The van der Waals surface area contributed by atoms with Crippen molar-refractivity contribution < 1.29 is 4.79 Å². The Hall–Kier alpha value is -0.940. The molecule has 2 fully saturated rings. The molecule has 0 unspecified atom stereocenters. The third-order valence-corrected chi connectivity index (χ3v) is 5.10. The third-order valence-electron chi connectivity index (χ3n) is 4.04. The SMILES string of the molecule is Cc1nc(CN2CCN(C(=O)C3CC3)CC2)sc1C. The molecule has 1 aromatic rings. The fourth-order valence-electron chi connectivity index (χ4n) is 2.51. The van der Waals surface area contributed by atoms with Gasteiger partial charge in [-0.2, -0.15) is 0 Å². The maximum absolute atomic E-state index is 12.0. The number of piperazine rings is 1. The first-order valence-electron chi connectivity index (χ1n) is 7.07. The summed E-state index contributed by atoms with van der Waals surface area (Å²) >= 11 is 1.80. The van der Waals surface area contributed by atoms with E-state index in [1.54, 1.807) is 11.3 Å². The first kappa shape index (κ1) is 13.1. The lowest BCUT2D eigenvalue weighted by Crippen LogP contribution is -2.48. The Balaban J connectivity index is 1.51. The highest BCUT2D eigenvalue weighted by atomic mass is 32.1. The van der Waals surface area contributed by atoms with Gasteiger partial charge >= 0.3 is 0 Å². The Morgan fingerprint density at radius 1 is 1.26 bits per heavy atom. The van der Waals surface area contributed by atoms with Crippen molar-refractivity contribution in [1.82, 2.24) is 14.8 Å². The standard InChI is InChI=1S/C14H21N3OS/c1-10-11(2)19-13(15-10)9-16-5-7-17(8-6-16)14(18)12-3-4-12/h12H,3-9H2,1-2H3. The molecule has 0 N–H and O–H groups in total. The average molecular weight is 279 g/mol. The molecule has 1 aliphatic carbocycles. The molecular formula is C14H21N3OS. The minimum Gasteiger partial charge on any atom is -0.340 e. The number of carbonyl (C=O) groups excluding carboxylic acids is 1. The molecule has 0 bridgehead atoms. The Bertz CT molecular complexity index is 454. The highest BCUT2D eigenvalue weighted by molar-refractivity contribution is 7.11. The van der Waals surface area contributed by atoms with Crippen molar-refractivity contribution in [3.63, 3.8) is 0 Å². The number of hydrogen-bond acceptors (Lipinski definition) is 4. The van der Waals surface area contributed by atoms with E-state index >= 15 is 0 Å². The van der Waals surface area contributed by atoms with Crippen LogP contribution in [-0.2, 0) is 11.3 Å². The summed E-state index contributed by atoms with van der Waals surface area (Å²) in [5.41, 5.74) is 1.16. The third kappa shape index (κ3) is 2.98. The van der Waals surface area contributed by atoms with Crippen molar-refractivity contribution in [2.75, 3.05) is 26.2 Å². The maximum atomic E-state index is 12.0. The van der Waals surface area contributed by atoms with Crippen molar-refractivity contribution in [2.24, 2.45) is 5.92 Å². The van der Waals surface area contributed by atoms with Crippen LogP contribution in [0.4, 0.5) is 0 Å². The first-order chi connectivity index (χ1) is 9.13. The number of hydrogen-bond donors (Lipinski definition) is 0. The number of rotatable bonds is 3. The fourth-order valence-corrected chi connectivity index (χ4v) is 3.49. The Morgan fingerprint density at radius 2 is 1.95 bits per heavy atom. The summed E-state index contributed by atoms with van der Waals surface area (Å²) in [5.74, 6) is 0.747. The van der Waals surface area contributed by atoms with Crippen LogP contribution in [0.3, 0.4) is 0 Å². The van der Waals surface area contributed by atoms with Crippen LogP contribution < -0.4 is 0 Å². The molecule has 3 rings (SSSR count). The lowest BCUT2D eigenvalue weighted by atomic mass is 10.2. The van der Waals surface area contributed by atoms with Gasteiger partial charge in [0.15, 0.2) is 0 Å². The van der Waals surface area contributed by atoms with Gasteiger partial charge in [0.2, 0.25) is 5.91 Å². The molecule has 4 nitrogen and oxygen atoms in total. The lowest BCUT2D eigenvalue weighted by molar-refractivity contribution is -0.134. The molecule has 2 aliphatic rings. The number of aromatic nitrogens is 1. The molecule has 1 aliphatic heterocycles. The zero-order chi connectivity index (χ0) is 13.4. The molecule has 0 atom stereocenters. The summed E-state index contributed by atoms with van der Waals surface area (Å²) < 4.78 is 0. The molecule has 1 aromatic heterocycles. The fraction of sp³-hybridized carbons (Fsp3) is 0.714. The minimum absolute atomic E-state index is 0.357. The molecule has 19 heavy (non-hydrogen) atoms. The highest BCUT2D eigenvalue weighted by Crippen LogP contribution is 2.31. The highest BCUT2D eigenvalue weighted by Gasteiger charge is 2.34. The number of aryl methyl sites for hydroxylation is 2. The van der Waals surface area contributed by atoms with Gasteiger partial charge in [0.05, 0.1) is 12.2 Å². The van der Waals surface area contributed by atoms with Gasteiger partial charge < -0.3 is 4.90 Å². The molecular weight excluding hydrogens is 258 g/mol. The van der Waals surface area contributed by atoms with Crippen LogP contribution in [0.15, 0.2) is 0 Å². The van der Waals surface area contributed by atoms with Crippen LogP contribution in [-0.4, -0.2) is 46.9 Å². The van der Waals surface area contributed by atoms with E-state index in [9.17, 15) is 4.79 Å². The van der Waals surface area contributed by atoms with Gasteiger partial charge in [-0.25, -0.2) is 4.98 Å². The summed E-state index contributed by atoms with van der Waals surface area (Å²) in [6, 6.07) is 0. The van der Waals surface area contributed by atoms with E-state index < -0.39 is 0 Å². The Labute approximate surface area is 118 Å². The van der Waals surface area contributed by atoms with Crippen LogP contribution in [0, 0.1) is 19.8 Å². The van der Waals surface area contributed by atoms with E-state index in [2.05, 4.69) is 23.7 Å². The van der Waals surface area contributed by atoms with Gasteiger partial charge in [-0.15, -0.1) is 11.3 Å².